The highest BCUT2D eigenvalue weighted by Crippen LogP contribution is 2.22. The minimum Gasteiger partial charge on any atom is -0.491 e. The van der Waals surface area contributed by atoms with Crippen LogP contribution in [-0.2, 0) is 6.42 Å². The Balaban J connectivity index is 1.96. The summed E-state index contributed by atoms with van der Waals surface area (Å²) in [6.45, 7) is 4.07. The molecule has 108 valence electrons. The molecule has 0 aliphatic carbocycles. The molecule has 3 heteroatoms. The van der Waals surface area contributed by atoms with Crippen LogP contribution in [0.15, 0.2) is 47.1 Å². The first-order valence-corrected chi connectivity index (χ1v) is 7.15. The van der Waals surface area contributed by atoms with Crippen molar-refractivity contribution in [3.05, 3.63) is 54.0 Å². The number of hydrogen-bond donors (Lipinski definition) is 1. The molecule has 2 rings (SSSR count). The summed E-state index contributed by atoms with van der Waals surface area (Å²) in [5.74, 6) is 1.95. The van der Waals surface area contributed by atoms with E-state index in [1.807, 2.05) is 45.2 Å². The number of aryl methyl sites for hydroxylation is 1. The van der Waals surface area contributed by atoms with E-state index in [9.17, 15) is 0 Å². The van der Waals surface area contributed by atoms with Crippen molar-refractivity contribution in [3.63, 3.8) is 0 Å². The number of furan rings is 1. The molecule has 0 radical (unpaired) electrons. The monoisotopic (exact) mass is 273 g/mol. The van der Waals surface area contributed by atoms with Gasteiger partial charge in [-0.15, -0.1) is 0 Å². The maximum atomic E-state index is 5.67. The molecule has 1 N–H and O–H groups in total. The first kappa shape index (κ1) is 14.7. The molecule has 1 atom stereocenters. The van der Waals surface area contributed by atoms with Crippen molar-refractivity contribution in [2.45, 2.75) is 38.8 Å². The zero-order valence-electron chi connectivity index (χ0n) is 12.4. The smallest absolute Gasteiger partial charge is 0.119 e. The first-order chi connectivity index (χ1) is 9.69. The number of ether oxygens (including phenoxy) is 1. The third-order valence-electron chi connectivity index (χ3n) is 3.26. The van der Waals surface area contributed by atoms with Crippen LogP contribution in [0.25, 0.3) is 0 Å². The van der Waals surface area contributed by atoms with Crippen LogP contribution >= 0.6 is 0 Å². The Morgan fingerprint density at radius 3 is 2.45 bits per heavy atom. The average molecular weight is 273 g/mol. The van der Waals surface area contributed by atoms with E-state index in [0.29, 0.717) is 6.04 Å². The van der Waals surface area contributed by atoms with Gasteiger partial charge in [0, 0.05) is 12.5 Å². The van der Waals surface area contributed by atoms with E-state index >= 15 is 0 Å². The summed E-state index contributed by atoms with van der Waals surface area (Å²) in [7, 11) is 1.99. The second-order valence-electron chi connectivity index (χ2n) is 5.19. The molecule has 1 aromatic carbocycles. The molecule has 2 aromatic rings. The molecule has 0 saturated carbocycles. The minimum atomic E-state index is 0.208. The molecule has 3 nitrogen and oxygen atoms in total. The second kappa shape index (κ2) is 7.15. The minimum absolute atomic E-state index is 0.208. The van der Waals surface area contributed by atoms with Gasteiger partial charge in [0.1, 0.15) is 11.5 Å². The van der Waals surface area contributed by atoms with Crippen LogP contribution in [0.5, 0.6) is 5.75 Å². The molecular weight excluding hydrogens is 250 g/mol. The lowest BCUT2D eigenvalue weighted by Crippen LogP contribution is -2.17. The van der Waals surface area contributed by atoms with Crippen LogP contribution < -0.4 is 10.1 Å². The van der Waals surface area contributed by atoms with Gasteiger partial charge < -0.3 is 14.5 Å². The summed E-state index contributed by atoms with van der Waals surface area (Å²) in [4.78, 5) is 0. The van der Waals surface area contributed by atoms with Crippen molar-refractivity contribution in [1.29, 1.82) is 0 Å². The van der Waals surface area contributed by atoms with Gasteiger partial charge >= 0.3 is 0 Å². The largest absolute Gasteiger partial charge is 0.491 e. The molecule has 0 aliphatic rings. The topological polar surface area (TPSA) is 34.4 Å². The highest BCUT2D eigenvalue weighted by molar-refractivity contribution is 5.29. The van der Waals surface area contributed by atoms with Crippen LogP contribution in [0.2, 0.25) is 0 Å². The number of benzene rings is 1. The Hall–Kier alpha value is -1.74. The summed E-state index contributed by atoms with van der Waals surface area (Å²) in [5, 5.41) is 3.36. The Bertz CT molecular complexity index is 488. The van der Waals surface area contributed by atoms with Crippen LogP contribution in [0.3, 0.4) is 0 Å². The fourth-order valence-electron chi connectivity index (χ4n) is 2.27. The van der Waals surface area contributed by atoms with Crippen LogP contribution in [0.4, 0.5) is 0 Å². The SMILES string of the molecule is CNC(CCc1ccco1)c1ccc(OC(C)C)cc1. The molecule has 1 unspecified atom stereocenters. The molecule has 1 heterocycles. The van der Waals surface area contributed by atoms with E-state index in [4.69, 9.17) is 9.15 Å². The van der Waals surface area contributed by atoms with Gasteiger partial charge in [-0.3, -0.25) is 0 Å². The van der Waals surface area contributed by atoms with Crippen molar-refractivity contribution in [3.8, 4) is 5.75 Å². The Morgan fingerprint density at radius 1 is 1.15 bits per heavy atom. The van der Waals surface area contributed by atoms with Crippen molar-refractivity contribution < 1.29 is 9.15 Å². The van der Waals surface area contributed by atoms with E-state index < -0.39 is 0 Å². The van der Waals surface area contributed by atoms with Gasteiger partial charge in [-0.1, -0.05) is 12.1 Å². The van der Waals surface area contributed by atoms with Gasteiger partial charge in [0.05, 0.1) is 12.4 Å². The van der Waals surface area contributed by atoms with Gasteiger partial charge in [0.2, 0.25) is 0 Å². The first-order valence-electron chi connectivity index (χ1n) is 7.15. The van der Waals surface area contributed by atoms with Gasteiger partial charge in [0.15, 0.2) is 0 Å². The Morgan fingerprint density at radius 2 is 1.90 bits per heavy atom. The summed E-state index contributed by atoms with van der Waals surface area (Å²) in [6, 6.07) is 12.6. The zero-order valence-corrected chi connectivity index (χ0v) is 12.4. The molecular formula is C17H23NO2. The van der Waals surface area contributed by atoms with E-state index in [-0.39, 0.29) is 6.10 Å². The second-order valence-corrected chi connectivity index (χ2v) is 5.19. The molecule has 0 saturated heterocycles. The van der Waals surface area contributed by atoms with Crippen LogP contribution in [-0.4, -0.2) is 13.2 Å². The molecule has 0 spiro atoms. The summed E-state index contributed by atoms with van der Waals surface area (Å²) in [5.41, 5.74) is 1.27. The van der Waals surface area contributed by atoms with Gasteiger partial charge in [-0.05, 0) is 57.1 Å². The number of rotatable bonds is 7. The quantitative estimate of drug-likeness (QED) is 0.829. The van der Waals surface area contributed by atoms with Crippen LogP contribution in [0.1, 0.15) is 37.6 Å². The normalized spacial score (nSPS) is 12.6. The lowest BCUT2D eigenvalue weighted by atomic mass is 10.0. The van der Waals surface area contributed by atoms with E-state index in [1.165, 1.54) is 5.56 Å². The summed E-state index contributed by atoms with van der Waals surface area (Å²) in [6.07, 6.45) is 3.87. The van der Waals surface area contributed by atoms with Crippen molar-refractivity contribution in [2.24, 2.45) is 0 Å². The maximum Gasteiger partial charge on any atom is 0.119 e. The van der Waals surface area contributed by atoms with E-state index in [1.54, 1.807) is 6.26 Å². The molecule has 1 aromatic heterocycles. The highest BCUT2D eigenvalue weighted by atomic mass is 16.5. The number of nitrogens with one attached hydrogen (secondary N) is 1. The lowest BCUT2D eigenvalue weighted by molar-refractivity contribution is 0.242. The average Bonchev–Trinajstić information content (AvgIpc) is 2.94. The molecule has 0 amide bonds. The van der Waals surface area contributed by atoms with E-state index in [0.717, 1.165) is 24.4 Å². The Kier molecular flexibility index (Phi) is 5.24. The predicted molar refractivity (Wildman–Crippen MR) is 81.0 cm³/mol. The fraction of sp³-hybridized carbons (Fsp3) is 0.412. The zero-order chi connectivity index (χ0) is 14.4. The maximum absolute atomic E-state index is 5.67. The lowest BCUT2D eigenvalue weighted by Gasteiger charge is -2.17. The molecule has 20 heavy (non-hydrogen) atoms. The summed E-state index contributed by atoms with van der Waals surface area (Å²) < 4.78 is 11.0. The Labute approximate surface area is 121 Å². The van der Waals surface area contributed by atoms with Crippen molar-refractivity contribution in [1.82, 2.24) is 5.32 Å². The number of hydrogen-bond acceptors (Lipinski definition) is 3. The molecule has 0 fully saturated rings. The van der Waals surface area contributed by atoms with Gasteiger partial charge in [-0.25, -0.2) is 0 Å². The van der Waals surface area contributed by atoms with Gasteiger partial charge in [-0.2, -0.15) is 0 Å². The molecule has 0 bridgehead atoms. The third kappa shape index (κ3) is 4.14. The van der Waals surface area contributed by atoms with Crippen molar-refractivity contribution in [2.75, 3.05) is 7.05 Å². The van der Waals surface area contributed by atoms with Crippen molar-refractivity contribution >= 4 is 0 Å². The van der Waals surface area contributed by atoms with Gasteiger partial charge in [0.25, 0.3) is 0 Å². The van der Waals surface area contributed by atoms with E-state index in [2.05, 4.69) is 17.4 Å². The standard InChI is InChI=1S/C17H23NO2/c1-13(2)20-16-8-6-14(7-9-16)17(18-3)11-10-15-5-4-12-19-15/h4-9,12-13,17-18H,10-11H2,1-3H3. The fourth-order valence-corrected chi connectivity index (χ4v) is 2.27. The predicted octanol–water partition coefficient (Wildman–Crippen LogP) is 3.96. The van der Waals surface area contributed by atoms with Crippen LogP contribution in [0, 0.1) is 0 Å². The highest BCUT2D eigenvalue weighted by Gasteiger charge is 2.10. The third-order valence-corrected chi connectivity index (χ3v) is 3.26. The summed E-state index contributed by atoms with van der Waals surface area (Å²) >= 11 is 0. The molecule has 0 aliphatic heterocycles.